The van der Waals surface area contributed by atoms with Crippen molar-refractivity contribution in [3.8, 4) is 11.8 Å². The first-order valence-corrected chi connectivity index (χ1v) is 9.98. The maximum atomic E-state index is 9.43. The third-order valence-electron chi connectivity index (χ3n) is 4.77. The second-order valence-corrected chi connectivity index (χ2v) is 7.14. The Morgan fingerprint density at radius 1 is 1.23 bits per heavy atom. The van der Waals surface area contributed by atoms with Gasteiger partial charge in [0.1, 0.15) is 17.6 Å². The standard InChI is InChI=1S/C21H21ClN4O4/c22-15-3-5-16(6-4-15)29-14-20-25-17(12-23)21(30-20)24-13-18(19-2-1-9-28-19)26-7-10-27-11-8-26/h1-6,9,18,24H,7-8,10-11,13-14H2. The molecule has 0 aliphatic carbocycles. The fourth-order valence-corrected chi connectivity index (χ4v) is 3.39. The summed E-state index contributed by atoms with van der Waals surface area (Å²) >= 11 is 5.88. The molecule has 8 nitrogen and oxygen atoms in total. The third kappa shape index (κ3) is 4.94. The molecular formula is C21H21ClN4O4. The van der Waals surface area contributed by atoms with E-state index in [1.165, 1.54) is 0 Å². The molecule has 1 unspecified atom stereocenters. The van der Waals surface area contributed by atoms with Crippen LogP contribution in [-0.4, -0.2) is 42.7 Å². The Hall–Kier alpha value is -2.99. The van der Waals surface area contributed by atoms with Gasteiger partial charge in [0.25, 0.3) is 0 Å². The number of hydrogen-bond donors (Lipinski definition) is 1. The summed E-state index contributed by atoms with van der Waals surface area (Å²) in [7, 11) is 0. The van der Waals surface area contributed by atoms with E-state index in [0.29, 0.717) is 42.3 Å². The lowest BCUT2D eigenvalue weighted by atomic mass is 10.1. The van der Waals surface area contributed by atoms with Gasteiger partial charge in [-0.25, -0.2) is 0 Å². The van der Waals surface area contributed by atoms with E-state index in [0.717, 1.165) is 18.8 Å². The Morgan fingerprint density at radius 3 is 2.73 bits per heavy atom. The number of hydrogen-bond acceptors (Lipinski definition) is 8. The Labute approximate surface area is 179 Å². The summed E-state index contributed by atoms with van der Waals surface area (Å²) in [5, 5.41) is 13.3. The van der Waals surface area contributed by atoms with Gasteiger partial charge >= 0.3 is 0 Å². The Balaban J connectivity index is 1.42. The molecule has 9 heteroatoms. The zero-order valence-electron chi connectivity index (χ0n) is 16.2. The van der Waals surface area contributed by atoms with Gasteiger partial charge < -0.3 is 23.6 Å². The molecule has 1 saturated heterocycles. The number of rotatable bonds is 8. The minimum Gasteiger partial charge on any atom is -0.484 e. The van der Waals surface area contributed by atoms with Crippen LogP contribution in [0.2, 0.25) is 5.02 Å². The van der Waals surface area contributed by atoms with E-state index in [4.69, 9.17) is 29.9 Å². The molecule has 3 heterocycles. The van der Waals surface area contributed by atoms with Crippen molar-refractivity contribution in [2.24, 2.45) is 0 Å². The fraction of sp³-hybridized carbons (Fsp3) is 0.333. The van der Waals surface area contributed by atoms with Crippen molar-refractivity contribution in [2.75, 3.05) is 38.2 Å². The van der Waals surface area contributed by atoms with E-state index in [9.17, 15) is 5.26 Å². The molecule has 1 N–H and O–H groups in total. The average molecular weight is 429 g/mol. The van der Waals surface area contributed by atoms with Crippen LogP contribution in [0.3, 0.4) is 0 Å². The Kier molecular flexibility index (Phi) is 6.54. The van der Waals surface area contributed by atoms with E-state index in [-0.39, 0.29) is 18.3 Å². The summed E-state index contributed by atoms with van der Waals surface area (Å²) in [6.07, 6.45) is 1.66. The van der Waals surface area contributed by atoms with Crippen molar-refractivity contribution in [2.45, 2.75) is 12.6 Å². The van der Waals surface area contributed by atoms with Crippen LogP contribution < -0.4 is 10.1 Å². The summed E-state index contributed by atoms with van der Waals surface area (Å²) in [5.41, 5.74) is 0.185. The van der Waals surface area contributed by atoms with Gasteiger partial charge in [0, 0.05) is 24.7 Å². The van der Waals surface area contributed by atoms with E-state index in [1.807, 2.05) is 12.1 Å². The van der Waals surface area contributed by atoms with E-state index < -0.39 is 0 Å². The monoisotopic (exact) mass is 428 g/mol. The molecule has 0 radical (unpaired) electrons. The zero-order chi connectivity index (χ0) is 20.8. The highest BCUT2D eigenvalue weighted by atomic mass is 35.5. The molecule has 0 saturated carbocycles. The predicted molar refractivity (Wildman–Crippen MR) is 109 cm³/mol. The SMILES string of the molecule is N#Cc1nc(COc2ccc(Cl)cc2)oc1NCC(c1ccco1)N1CCOCC1. The number of anilines is 1. The highest BCUT2D eigenvalue weighted by Crippen LogP contribution is 2.25. The molecule has 1 aliphatic rings. The minimum atomic E-state index is -0.0192. The average Bonchev–Trinajstić information content (AvgIpc) is 3.44. The number of oxazole rings is 1. The van der Waals surface area contributed by atoms with Gasteiger partial charge in [-0.3, -0.25) is 4.90 Å². The lowest BCUT2D eigenvalue weighted by Gasteiger charge is -2.33. The number of benzene rings is 1. The van der Waals surface area contributed by atoms with Gasteiger partial charge in [0.2, 0.25) is 17.5 Å². The lowest BCUT2D eigenvalue weighted by Crippen LogP contribution is -2.41. The molecular weight excluding hydrogens is 408 g/mol. The summed E-state index contributed by atoms with van der Waals surface area (Å²) in [6, 6.07) is 12.8. The molecule has 156 valence electrons. The molecule has 4 rings (SSSR count). The van der Waals surface area contributed by atoms with E-state index >= 15 is 0 Å². The van der Waals surface area contributed by atoms with Crippen molar-refractivity contribution < 1.29 is 18.3 Å². The summed E-state index contributed by atoms with van der Waals surface area (Å²) in [5.74, 6) is 2.10. The van der Waals surface area contributed by atoms with Gasteiger partial charge in [0.15, 0.2) is 6.61 Å². The van der Waals surface area contributed by atoms with E-state index in [2.05, 4.69) is 21.3 Å². The van der Waals surface area contributed by atoms with Crippen LogP contribution in [0.25, 0.3) is 0 Å². The predicted octanol–water partition coefficient (Wildman–Crippen LogP) is 3.86. The first-order valence-electron chi connectivity index (χ1n) is 9.60. The second kappa shape index (κ2) is 9.67. The zero-order valence-corrected chi connectivity index (χ0v) is 17.0. The number of morpholine rings is 1. The van der Waals surface area contributed by atoms with Crippen LogP contribution in [0.15, 0.2) is 51.5 Å². The maximum Gasteiger partial charge on any atom is 0.236 e. The molecule has 1 atom stereocenters. The molecule has 1 aliphatic heterocycles. The smallest absolute Gasteiger partial charge is 0.236 e. The quantitative estimate of drug-likeness (QED) is 0.577. The number of nitrogens with zero attached hydrogens (tertiary/aromatic N) is 3. The Morgan fingerprint density at radius 2 is 2.03 bits per heavy atom. The molecule has 0 spiro atoms. The number of halogens is 1. The Bertz CT molecular complexity index is 976. The van der Waals surface area contributed by atoms with Crippen molar-refractivity contribution in [3.05, 3.63) is 65.0 Å². The first-order chi connectivity index (χ1) is 14.7. The highest BCUT2D eigenvalue weighted by molar-refractivity contribution is 6.30. The van der Waals surface area contributed by atoms with Crippen LogP contribution in [0.1, 0.15) is 23.4 Å². The fourth-order valence-electron chi connectivity index (χ4n) is 3.27. The van der Waals surface area contributed by atoms with Crippen LogP contribution in [0.5, 0.6) is 5.75 Å². The van der Waals surface area contributed by atoms with Crippen molar-refractivity contribution >= 4 is 17.5 Å². The third-order valence-corrected chi connectivity index (χ3v) is 5.02. The van der Waals surface area contributed by atoms with Crippen LogP contribution >= 0.6 is 11.6 Å². The van der Waals surface area contributed by atoms with Crippen LogP contribution in [0, 0.1) is 11.3 Å². The first kappa shape index (κ1) is 20.3. The molecule has 1 aromatic carbocycles. The number of aromatic nitrogens is 1. The van der Waals surface area contributed by atoms with Gasteiger partial charge in [-0.15, -0.1) is 0 Å². The second-order valence-electron chi connectivity index (χ2n) is 6.70. The van der Waals surface area contributed by atoms with Gasteiger partial charge in [0.05, 0.1) is 25.5 Å². The number of furan rings is 1. The number of ether oxygens (including phenoxy) is 2. The molecule has 0 bridgehead atoms. The minimum absolute atomic E-state index is 0.0192. The van der Waals surface area contributed by atoms with Crippen molar-refractivity contribution in [3.63, 3.8) is 0 Å². The number of nitriles is 1. The largest absolute Gasteiger partial charge is 0.484 e. The van der Waals surface area contributed by atoms with Gasteiger partial charge in [-0.1, -0.05) is 11.6 Å². The van der Waals surface area contributed by atoms with Crippen molar-refractivity contribution in [1.82, 2.24) is 9.88 Å². The summed E-state index contributed by atoms with van der Waals surface area (Å²) in [4.78, 5) is 6.50. The van der Waals surface area contributed by atoms with E-state index in [1.54, 1.807) is 30.5 Å². The normalized spacial score (nSPS) is 15.5. The maximum absolute atomic E-state index is 9.43. The molecule has 30 heavy (non-hydrogen) atoms. The van der Waals surface area contributed by atoms with Gasteiger partial charge in [-0.2, -0.15) is 10.2 Å². The lowest BCUT2D eigenvalue weighted by molar-refractivity contribution is 0.0144. The van der Waals surface area contributed by atoms with Crippen molar-refractivity contribution in [1.29, 1.82) is 5.26 Å². The number of nitrogens with one attached hydrogen (secondary N) is 1. The van der Waals surface area contributed by atoms with Crippen LogP contribution in [-0.2, 0) is 11.3 Å². The van der Waals surface area contributed by atoms with Crippen LogP contribution in [0.4, 0.5) is 5.88 Å². The topological polar surface area (TPSA) is 96.7 Å². The molecule has 3 aromatic rings. The van der Waals surface area contributed by atoms with Gasteiger partial charge in [-0.05, 0) is 36.4 Å². The molecule has 2 aromatic heterocycles. The molecule has 1 fully saturated rings. The highest BCUT2D eigenvalue weighted by Gasteiger charge is 2.25. The summed E-state index contributed by atoms with van der Waals surface area (Å²) < 4.78 is 22.5. The molecule has 0 amide bonds. The summed E-state index contributed by atoms with van der Waals surface area (Å²) in [6.45, 7) is 3.55.